The number of halogens is 1. The van der Waals surface area contributed by atoms with Gasteiger partial charge in [0.05, 0.1) is 12.1 Å². The van der Waals surface area contributed by atoms with Crippen molar-refractivity contribution in [3.63, 3.8) is 0 Å². The van der Waals surface area contributed by atoms with Crippen molar-refractivity contribution in [3.05, 3.63) is 77.7 Å². The highest BCUT2D eigenvalue weighted by atomic mass is 19.1. The summed E-state index contributed by atoms with van der Waals surface area (Å²) in [5.41, 5.74) is 1.39. The van der Waals surface area contributed by atoms with Crippen LogP contribution in [0.25, 0.3) is 10.9 Å². The molecule has 0 saturated carbocycles. The largest absolute Gasteiger partial charge is 0.325 e. The molecule has 2 aliphatic heterocycles. The number of carbonyl (C=O) groups is 2. The molecule has 3 aromatic rings. The Labute approximate surface area is 179 Å². The molecule has 3 heterocycles. The summed E-state index contributed by atoms with van der Waals surface area (Å²) in [7, 11) is 0. The van der Waals surface area contributed by atoms with Crippen LogP contribution in [-0.4, -0.2) is 45.4 Å². The van der Waals surface area contributed by atoms with Crippen LogP contribution < -0.4 is 5.32 Å². The summed E-state index contributed by atoms with van der Waals surface area (Å²) in [6.45, 7) is 2.16. The molecule has 31 heavy (non-hydrogen) atoms. The number of fused-ring (bicyclic) bond motifs is 1. The van der Waals surface area contributed by atoms with E-state index in [2.05, 4.69) is 27.3 Å². The second-order valence-electron chi connectivity index (χ2n) is 8.31. The lowest BCUT2D eigenvalue weighted by Crippen LogP contribution is -2.58. The monoisotopic (exact) mass is 418 g/mol. The molecule has 7 heteroatoms. The van der Waals surface area contributed by atoms with Gasteiger partial charge in [0.1, 0.15) is 11.4 Å². The number of hydrogen-bond acceptors (Lipinski definition) is 4. The van der Waals surface area contributed by atoms with Crippen molar-refractivity contribution in [1.82, 2.24) is 20.1 Å². The van der Waals surface area contributed by atoms with Gasteiger partial charge in [-0.3, -0.25) is 19.6 Å². The molecule has 1 N–H and O–H groups in total. The average Bonchev–Trinajstić information content (AvgIpc) is 3.00. The van der Waals surface area contributed by atoms with E-state index in [1.165, 1.54) is 16.5 Å². The number of amides is 3. The molecule has 2 aromatic carbocycles. The van der Waals surface area contributed by atoms with Gasteiger partial charge in [-0.2, -0.15) is 0 Å². The molecule has 0 radical (unpaired) electrons. The fourth-order valence-electron chi connectivity index (χ4n) is 4.71. The number of nitrogens with one attached hydrogen (secondary N) is 1. The first kappa shape index (κ1) is 19.6. The van der Waals surface area contributed by atoms with Crippen LogP contribution in [0.4, 0.5) is 9.18 Å². The Morgan fingerprint density at radius 2 is 1.87 bits per heavy atom. The molecule has 2 aliphatic rings. The molecule has 2 saturated heterocycles. The minimum Gasteiger partial charge on any atom is -0.322 e. The summed E-state index contributed by atoms with van der Waals surface area (Å²) in [5, 5.41) is 3.35. The number of likely N-dealkylation sites (tertiary alicyclic amines) is 1. The zero-order chi connectivity index (χ0) is 21.4. The number of hydrogen-bond donors (Lipinski definition) is 1. The molecule has 0 aliphatic carbocycles. The Morgan fingerprint density at radius 1 is 1.03 bits per heavy atom. The summed E-state index contributed by atoms with van der Waals surface area (Å²) >= 11 is 0. The van der Waals surface area contributed by atoms with Gasteiger partial charge in [-0.15, -0.1) is 0 Å². The molecular weight excluding hydrogens is 395 g/mol. The number of piperidine rings is 1. The maximum Gasteiger partial charge on any atom is 0.325 e. The van der Waals surface area contributed by atoms with Gasteiger partial charge in [-0.1, -0.05) is 36.4 Å². The van der Waals surface area contributed by atoms with Crippen LogP contribution >= 0.6 is 0 Å². The van der Waals surface area contributed by atoms with Gasteiger partial charge in [0.2, 0.25) is 0 Å². The number of pyridine rings is 1. The first-order valence-corrected chi connectivity index (χ1v) is 10.5. The molecular formula is C24H23FN4O2. The highest BCUT2D eigenvalue weighted by molar-refractivity contribution is 6.07. The minimum absolute atomic E-state index is 0.0683. The molecule has 1 spiro atoms. The van der Waals surface area contributed by atoms with E-state index in [4.69, 9.17) is 0 Å². The van der Waals surface area contributed by atoms with Crippen LogP contribution in [0.5, 0.6) is 0 Å². The first-order valence-electron chi connectivity index (χ1n) is 10.5. The summed E-state index contributed by atoms with van der Waals surface area (Å²) in [6.07, 6.45) is 3.02. The lowest BCUT2D eigenvalue weighted by atomic mass is 9.88. The van der Waals surface area contributed by atoms with Crippen molar-refractivity contribution in [3.8, 4) is 0 Å². The Hall–Kier alpha value is -3.32. The van der Waals surface area contributed by atoms with Crippen LogP contribution in [-0.2, 0) is 17.9 Å². The maximum atomic E-state index is 14.1. The minimum atomic E-state index is -0.909. The molecule has 158 valence electrons. The van der Waals surface area contributed by atoms with Crippen molar-refractivity contribution in [2.24, 2.45) is 0 Å². The number of rotatable bonds is 4. The van der Waals surface area contributed by atoms with Crippen LogP contribution in [0.3, 0.4) is 0 Å². The molecule has 5 rings (SSSR count). The van der Waals surface area contributed by atoms with Crippen LogP contribution in [0, 0.1) is 5.82 Å². The third kappa shape index (κ3) is 3.55. The first-order chi connectivity index (χ1) is 15.1. The molecule has 0 bridgehead atoms. The van der Waals surface area contributed by atoms with Gasteiger partial charge in [0, 0.05) is 24.7 Å². The Balaban J connectivity index is 1.38. The van der Waals surface area contributed by atoms with Gasteiger partial charge in [0.15, 0.2) is 0 Å². The predicted octanol–water partition coefficient (Wildman–Crippen LogP) is 3.46. The molecule has 1 aromatic heterocycles. The van der Waals surface area contributed by atoms with Gasteiger partial charge < -0.3 is 5.32 Å². The lowest BCUT2D eigenvalue weighted by molar-refractivity contribution is -0.133. The lowest BCUT2D eigenvalue weighted by Gasteiger charge is -2.38. The van der Waals surface area contributed by atoms with Crippen LogP contribution in [0.15, 0.2) is 60.8 Å². The van der Waals surface area contributed by atoms with Crippen LogP contribution in [0.2, 0.25) is 0 Å². The van der Waals surface area contributed by atoms with Crippen molar-refractivity contribution >= 4 is 22.8 Å². The highest BCUT2D eigenvalue weighted by Crippen LogP contribution is 2.31. The van der Waals surface area contributed by atoms with Gasteiger partial charge in [-0.25, -0.2) is 9.18 Å². The summed E-state index contributed by atoms with van der Waals surface area (Å²) in [5.74, 6) is -0.590. The summed E-state index contributed by atoms with van der Waals surface area (Å²) in [4.78, 5) is 34.0. The van der Waals surface area contributed by atoms with E-state index in [9.17, 15) is 14.0 Å². The number of urea groups is 1. The number of imide groups is 1. The van der Waals surface area contributed by atoms with Crippen molar-refractivity contribution in [1.29, 1.82) is 0 Å². The van der Waals surface area contributed by atoms with E-state index in [0.717, 1.165) is 19.5 Å². The van der Waals surface area contributed by atoms with E-state index < -0.39 is 11.6 Å². The van der Waals surface area contributed by atoms with Crippen molar-refractivity contribution < 1.29 is 14.0 Å². The van der Waals surface area contributed by atoms with E-state index in [1.54, 1.807) is 24.4 Å². The normalized spacial score (nSPS) is 21.8. The summed E-state index contributed by atoms with van der Waals surface area (Å²) < 4.78 is 14.1. The predicted molar refractivity (Wildman–Crippen MR) is 114 cm³/mol. The second-order valence-corrected chi connectivity index (χ2v) is 8.31. The van der Waals surface area contributed by atoms with E-state index >= 15 is 0 Å². The average molecular weight is 418 g/mol. The number of carbonyl (C=O) groups excluding carboxylic acids is 2. The smallest absolute Gasteiger partial charge is 0.322 e. The van der Waals surface area contributed by atoms with E-state index in [1.807, 2.05) is 18.2 Å². The third-order valence-corrected chi connectivity index (χ3v) is 6.19. The summed E-state index contributed by atoms with van der Waals surface area (Å²) in [6, 6.07) is 16.0. The Bertz CT molecular complexity index is 1150. The zero-order valence-electron chi connectivity index (χ0n) is 17.1. The SMILES string of the molecule is O=C1NC2(CCCN(Cc3ccccc3)C2)C(=O)N1Cc1ccc(F)c2cccnc12. The van der Waals surface area contributed by atoms with E-state index in [0.29, 0.717) is 29.4 Å². The Kier molecular flexibility index (Phi) is 4.90. The quantitative estimate of drug-likeness (QED) is 0.659. The highest BCUT2D eigenvalue weighted by Gasteiger charge is 2.52. The molecule has 3 amide bonds. The zero-order valence-corrected chi connectivity index (χ0v) is 17.1. The molecule has 1 unspecified atom stereocenters. The Morgan fingerprint density at radius 3 is 2.71 bits per heavy atom. The number of benzene rings is 2. The van der Waals surface area contributed by atoms with Crippen LogP contribution in [0.1, 0.15) is 24.0 Å². The fourth-order valence-corrected chi connectivity index (χ4v) is 4.71. The van der Waals surface area contributed by atoms with Crippen molar-refractivity contribution in [2.75, 3.05) is 13.1 Å². The number of nitrogens with zero attached hydrogens (tertiary/aromatic N) is 3. The third-order valence-electron chi connectivity index (χ3n) is 6.19. The van der Waals surface area contributed by atoms with Gasteiger partial charge in [0.25, 0.3) is 5.91 Å². The molecule has 1 atom stereocenters. The molecule has 2 fully saturated rings. The maximum absolute atomic E-state index is 14.1. The van der Waals surface area contributed by atoms with Gasteiger partial charge >= 0.3 is 6.03 Å². The second kappa shape index (κ2) is 7.74. The fraction of sp³-hybridized carbons (Fsp3) is 0.292. The van der Waals surface area contributed by atoms with E-state index in [-0.39, 0.29) is 18.3 Å². The van der Waals surface area contributed by atoms with Gasteiger partial charge in [-0.05, 0) is 48.7 Å². The topological polar surface area (TPSA) is 65.5 Å². The number of aromatic nitrogens is 1. The molecule has 6 nitrogen and oxygen atoms in total. The standard InChI is InChI=1S/C24H23FN4O2/c25-20-10-9-18(21-19(20)8-4-12-26-21)15-29-22(30)24(27-23(29)31)11-5-13-28(16-24)14-17-6-2-1-3-7-17/h1-4,6-10,12H,5,11,13-16H2,(H,27,31). The van der Waals surface area contributed by atoms with Crippen molar-refractivity contribution in [2.45, 2.75) is 31.5 Å².